The van der Waals surface area contributed by atoms with Crippen LogP contribution in [-0.2, 0) is 19.6 Å². The van der Waals surface area contributed by atoms with Crippen molar-refractivity contribution >= 4 is 27.5 Å². The number of rotatable bonds is 8. The first-order chi connectivity index (χ1) is 15.2. The zero-order chi connectivity index (χ0) is 23.5. The van der Waals surface area contributed by atoms with E-state index < -0.39 is 15.9 Å². The first-order valence-corrected chi connectivity index (χ1v) is 12.2. The highest BCUT2D eigenvalue weighted by atomic mass is 32.2. The topological polar surface area (TPSA) is 90.9 Å². The number of aromatic nitrogens is 1. The van der Waals surface area contributed by atoms with E-state index in [0.29, 0.717) is 18.8 Å². The fraction of sp³-hybridized carbons (Fsp3) is 0.435. The Kier molecular flexibility index (Phi) is 7.30. The average Bonchev–Trinajstić information content (AvgIpc) is 3.20. The molecule has 32 heavy (non-hydrogen) atoms. The maximum Gasteiger partial charge on any atom is 0.243 e. The number of amides is 2. The van der Waals surface area contributed by atoms with Gasteiger partial charge in [0.25, 0.3) is 0 Å². The molecule has 1 fully saturated rings. The Bertz CT molecular complexity index is 1050. The predicted octanol–water partition coefficient (Wildman–Crippen LogP) is 2.68. The van der Waals surface area contributed by atoms with Gasteiger partial charge in [0.05, 0.1) is 16.9 Å². The molecule has 0 saturated carbocycles. The highest BCUT2D eigenvalue weighted by Crippen LogP contribution is 2.29. The molecule has 0 spiro atoms. The fourth-order valence-corrected chi connectivity index (χ4v) is 5.42. The van der Waals surface area contributed by atoms with Crippen LogP contribution in [0.3, 0.4) is 0 Å². The van der Waals surface area contributed by atoms with E-state index in [1.165, 1.54) is 16.4 Å². The summed E-state index contributed by atoms with van der Waals surface area (Å²) in [6.07, 6.45) is 3.54. The SMILES string of the molecule is CCN(CC)S(=O)(=O)c1ccc(N2C[C@@H](C(=O)N(C)[C@H](C)c3cccnc3)CC2=O)cc1. The van der Waals surface area contributed by atoms with Crippen LogP contribution in [0.4, 0.5) is 5.69 Å². The number of benzene rings is 1. The fourth-order valence-electron chi connectivity index (χ4n) is 3.96. The van der Waals surface area contributed by atoms with Crippen LogP contribution in [0.1, 0.15) is 38.8 Å². The van der Waals surface area contributed by atoms with E-state index in [0.717, 1.165) is 5.56 Å². The Labute approximate surface area is 189 Å². The van der Waals surface area contributed by atoms with Gasteiger partial charge >= 0.3 is 0 Å². The summed E-state index contributed by atoms with van der Waals surface area (Å²) in [5.74, 6) is -0.700. The van der Waals surface area contributed by atoms with Crippen LogP contribution in [0.15, 0.2) is 53.7 Å². The largest absolute Gasteiger partial charge is 0.339 e. The Morgan fingerprint density at radius 1 is 1.19 bits per heavy atom. The lowest BCUT2D eigenvalue weighted by Crippen LogP contribution is -2.36. The van der Waals surface area contributed by atoms with Crippen LogP contribution in [0.5, 0.6) is 0 Å². The maximum absolute atomic E-state index is 13.1. The Morgan fingerprint density at radius 2 is 1.84 bits per heavy atom. The molecule has 2 amide bonds. The van der Waals surface area contributed by atoms with Gasteiger partial charge in [-0.3, -0.25) is 14.6 Å². The average molecular weight is 459 g/mol. The second-order valence-corrected chi connectivity index (χ2v) is 9.84. The molecule has 9 heteroatoms. The number of hydrogen-bond donors (Lipinski definition) is 0. The van der Waals surface area contributed by atoms with Crippen LogP contribution in [0.25, 0.3) is 0 Å². The van der Waals surface area contributed by atoms with Gasteiger partial charge in [-0.25, -0.2) is 8.42 Å². The molecule has 1 saturated heterocycles. The molecule has 0 aliphatic carbocycles. The minimum Gasteiger partial charge on any atom is -0.339 e. The van der Waals surface area contributed by atoms with Crippen LogP contribution < -0.4 is 4.90 Å². The molecule has 0 bridgehead atoms. The van der Waals surface area contributed by atoms with Crippen molar-refractivity contribution in [2.24, 2.45) is 5.92 Å². The van der Waals surface area contributed by atoms with Gasteiger partial charge in [0, 0.05) is 51.2 Å². The summed E-state index contributed by atoms with van der Waals surface area (Å²) in [5, 5.41) is 0. The summed E-state index contributed by atoms with van der Waals surface area (Å²) in [7, 11) is -1.83. The standard InChI is InChI=1S/C23H30N4O4S/c1-5-26(6-2)32(30,31)21-11-9-20(10-12-21)27-16-19(14-22(27)28)23(29)25(4)17(3)18-8-7-13-24-15-18/h7-13,15,17,19H,5-6,14,16H2,1-4H3/t17-,19+/m1/s1. The minimum atomic E-state index is -3.56. The van der Waals surface area contributed by atoms with Crippen molar-refractivity contribution < 1.29 is 18.0 Å². The second kappa shape index (κ2) is 9.79. The molecule has 3 rings (SSSR count). The predicted molar refractivity (Wildman–Crippen MR) is 122 cm³/mol. The molecule has 8 nitrogen and oxygen atoms in total. The van der Waals surface area contributed by atoms with Crippen LogP contribution in [-0.4, -0.2) is 61.1 Å². The molecule has 1 aliphatic rings. The zero-order valence-electron chi connectivity index (χ0n) is 18.9. The van der Waals surface area contributed by atoms with Gasteiger partial charge in [-0.2, -0.15) is 4.31 Å². The lowest BCUT2D eigenvalue weighted by molar-refractivity contribution is -0.136. The van der Waals surface area contributed by atoms with Crippen molar-refractivity contribution in [3.63, 3.8) is 0 Å². The first-order valence-electron chi connectivity index (χ1n) is 10.8. The molecule has 0 radical (unpaired) electrons. The number of nitrogens with zero attached hydrogens (tertiary/aromatic N) is 4. The summed E-state index contributed by atoms with van der Waals surface area (Å²) in [6.45, 7) is 6.56. The zero-order valence-corrected chi connectivity index (χ0v) is 19.7. The smallest absolute Gasteiger partial charge is 0.243 e. The Balaban J connectivity index is 1.72. The lowest BCUT2D eigenvalue weighted by atomic mass is 10.0. The van der Waals surface area contributed by atoms with E-state index in [9.17, 15) is 18.0 Å². The minimum absolute atomic E-state index is 0.0991. The summed E-state index contributed by atoms with van der Waals surface area (Å²) in [4.78, 5) is 33.2. The quantitative estimate of drug-likeness (QED) is 0.607. The number of carbonyl (C=O) groups excluding carboxylic acids is 2. The van der Waals surface area contributed by atoms with Crippen LogP contribution in [0.2, 0.25) is 0 Å². The van der Waals surface area contributed by atoms with Crippen molar-refractivity contribution in [3.8, 4) is 0 Å². The van der Waals surface area contributed by atoms with Gasteiger partial charge in [-0.05, 0) is 42.8 Å². The third-order valence-electron chi connectivity index (χ3n) is 6.06. The highest BCUT2D eigenvalue weighted by molar-refractivity contribution is 7.89. The number of anilines is 1. The first kappa shape index (κ1) is 23.9. The molecule has 1 aromatic heterocycles. The molecule has 0 unspecified atom stereocenters. The normalized spacial score (nSPS) is 17.6. The van der Waals surface area contributed by atoms with Gasteiger partial charge < -0.3 is 9.80 Å². The Hall–Kier alpha value is -2.78. The highest BCUT2D eigenvalue weighted by Gasteiger charge is 2.37. The van der Waals surface area contributed by atoms with E-state index in [1.807, 2.05) is 19.1 Å². The van der Waals surface area contributed by atoms with E-state index in [1.54, 1.807) is 55.2 Å². The lowest BCUT2D eigenvalue weighted by Gasteiger charge is -2.27. The van der Waals surface area contributed by atoms with Gasteiger partial charge in [0.2, 0.25) is 21.8 Å². The van der Waals surface area contributed by atoms with E-state index >= 15 is 0 Å². The second-order valence-electron chi connectivity index (χ2n) is 7.90. The van der Waals surface area contributed by atoms with Crippen molar-refractivity contribution in [2.75, 3.05) is 31.6 Å². The molecular formula is C23H30N4O4S. The van der Waals surface area contributed by atoms with E-state index in [2.05, 4.69) is 4.98 Å². The molecule has 2 atom stereocenters. The third-order valence-corrected chi connectivity index (χ3v) is 8.13. The summed E-state index contributed by atoms with van der Waals surface area (Å²) in [5.41, 5.74) is 1.52. The number of pyridine rings is 1. The van der Waals surface area contributed by atoms with Crippen molar-refractivity contribution in [3.05, 3.63) is 54.4 Å². The molecule has 2 aromatic rings. The molecule has 0 N–H and O–H groups in total. The van der Waals surface area contributed by atoms with Crippen molar-refractivity contribution in [1.82, 2.24) is 14.2 Å². The number of sulfonamides is 1. The van der Waals surface area contributed by atoms with Crippen LogP contribution >= 0.6 is 0 Å². The van der Waals surface area contributed by atoms with Gasteiger partial charge in [-0.1, -0.05) is 19.9 Å². The van der Waals surface area contributed by atoms with Gasteiger partial charge in [-0.15, -0.1) is 0 Å². The summed E-state index contributed by atoms with van der Waals surface area (Å²) >= 11 is 0. The third kappa shape index (κ3) is 4.68. The van der Waals surface area contributed by atoms with Gasteiger partial charge in [0.15, 0.2) is 0 Å². The summed E-state index contributed by atoms with van der Waals surface area (Å²) in [6, 6.07) is 9.87. The maximum atomic E-state index is 13.1. The Morgan fingerprint density at radius 3 is 2.41 bits per heavy atom. The molecule has 1 aromatic carbocycles. The van der Waals surface area contributed by atoms with Crippen molar-refractivity contribution in [2.45, 2.75) is 38.1 Å². The molecule has 1 aliphatic heterocycles. The van der Waals surface area contributed by atoms with E-state index in [-0.39, 0.29) is 35.7 Å². The number of carbonyl (C=O) groups is 2. The number of hydrogen-bond acceptors (Lipinski definition) is 5. The monoisotopic (exact) mass is 458 g/mol. The van der Waals surface area contributed by atoms with E-state index in [4.69, 9.17) is 0 Å². The molecule has 172 valence electrons. The van der Waals surface area contributed by atoms with Crippen molar-refractivity contribution in [1.29, 1.82) is 0 Å². The summed E-state index contributed by atoms with van der Waals surface area (Å²) < 4.78 is 26.7. The van der Waals surface area contributed by atoms with Crippen LogP contribution in [0, 0.1) is 5.92 Å². The van der Waals surface area contributed by atoms with Gasteiger partial charge in [0.1, 0.15) is 0 Å². The molecular weight excluding hydrogens is 428 g/mol. The molecule has 2 heterocycles.